The minimum atomic E-state index is -1.04. The molecule has 2 aromatic heterocycles. The second-order valence-corrected chi connectivity index (χ2v) is 5.44. The third kappa shape index (κ3) is 3.36. The number of hydrogen-bond acceptors (Lipinski definition) is 4. The molecule has 7 nitrogen and oxygen atoms in total. The van der Waals surface area contributed by atoms with Crippen molar-refractivity contribution < 1.29 is 14.7 Å². The molecule has 2 rings (SSSR count). The maximum Gasteiger partial charge on any atom is 0.326 e. The molecule has 3 N–H and O–H groups in total. The van der Waals surface area contributed by atoms with Gasteiger partial charge >= 0.3 is 5.97 Å². The van der Waals surface area contributed by atoms with Crippen molar-refractivity contribution >= 4 is 22.9 Å². The first-order valence-corrected chi connectivity index (χ1v) is 6.73. The average molecular weight is 290 g/mol. The maximum absolute atomic E-state index is 12.2. The van der Waals surface area contributed by atoms with Crippen LogP contribution in [0.4, 0.5) is 0 Å². The summed E-state index contributed by atoms with van der Waals surface area (Å²) >= 11 is 0. The predicted molar refractivity (Wildman–Crippen MR) is 77.0 cm³/mol. The SMILES string of the molecule is Cc1[nH]nc2ncc(C(=O)NC(CC(C)C)C(=O)O)cc12. The second-order valence-electron chi connectivity index (χ2n) is 5.44. The molecule has 2 heterocycles. The summed E-state index contributed by atoms with van der Waals surface area (Å²) in [5.74, 6) is -1.31. The highest BCUT2D eigenvalue weighted by Gasteiger charge is 2.22. The van der Waals surface area contributed by atoms with Gasteiger partial charge in [0.1, 0.15) is 6.04 Å². The van der Waals surface area contributed by atoms with Crippen molar-refractivity contribution in [2.24, 2.45) is 5.92 Å². The number of pyridine rings is 1. The van der Waals surface area contributed by atoms with Crippen molar-refractivity contribution in [3.63, 3.8) is 0 Å². The molecule has 0 aromatic carbocycles. The number of amides is 1. The van der Waals surface area contributed by atoms with Gasteiger partial charge in [-0.05, 0) is 25.3 Å². The average Bonchev–Trinajstić information content (AvgIpc) is 2.78. The molecule has 1 amide bonds. The summed E-state index contributed by atoms with van der Waals surface area (Å²) < 4.78 is 0. The molecule has 0 saturated carbocycles. The first-order valence-electron chi connectivity index (χ1n) is 6.73. The lowest BCUT2D eigenvalue weighted by molar-refractivity contribution is -0.139. The number of nitrogens with zero attached hydrogens (tertiary/aromatic N) is 2. The van der Waals surface area contributed by atoms with Crippen molar-refractivity contribution in [3.05, 3.63) is 23.5 Å². The Balaban J connectivity index is 2.20. The summed E-state index contributed by atoms with van der Waals surface area (Å²) in [4.78, 5) is 27.4. The zero-order valence-corrected chi connectivity index (χ0v) is 12.2. The Kier molecular flexibility index (Phi) is 4.21. The van der Waals surface area contributed by atoms with E-state index in [1.807, 2.05) is 20.8 Å². The molecule has 7 heteroatoms. The van der Waals surface area contributed by atoms with Crippen LogP contribution >= 0.6 is 0 Å². The van der Waals surface area contributed by atoms with E-state index < -0.39 is 17.9 Å². The lowest BCUT2D eigenvalue weighted by Crippen LogP contribution is -2.41. The number of carbonyl (C=O) groups excluding carboxylic acids is 1. The Morgan fingerprint density at radius 2 is 2.14 bits per heavy atom. The number of H-pyrrole nitrogens is 1. The van der Waals surface area contributed by atoms with Crippen LogP contribution in [0.3, 0.4) is 0 Å². The molecule has 112 valence electrons. The van der Waals surface area contributed by atoms with Gasteiger partial charge in [-0.2, -0.15) is 5.10 Å². The second kappa shape index (κ2) is 5.90. The van der Waals surface area contributed by atoms with E-state index in [1.165, 1.54) is 6.20 Å². The largest absolute Gasteiger partial charge is 0.480 e. The molecule has 1 unspecified atom stereocenters. The van der Waals surface area contributed by atoms with E-state index in [2.05, 4.69) is 20.5 Å². The lowest BCUT2D eigenvalue weighted by atomic mass is 10.0. The molecule has 1 atom stereocenters. The Labute approximate surface area is 121 Å². The Morgan fingerprint density at radius 3 is 2.76 bits per heavy atom. The predicted octanol–water partition coefficient (Wildman–Crippen LogP) is 1.50. The number of rotatable bonds is 5. The fraction of sp³-hybridized carbons (Fsp3) is 0.429. The first kappa shape index (κ1) is 15.0. The van der Waals surface area contributed by atoms with E-state index in [0.717, 1.165) is 11.1 Å². The molecule has 0 fully saturated rings. The number of carbonyl (C=O) groups is 2. The Morgan fingerprint density at radius 1 is 1.43 bits per heavy atom. The monoisotopic (exact) mass is 290 g/mol. The van der Waals surface area contributed by atoms with Gasteiger partial charge in [0, 0.05) is 17.3 Å². The van der Waals surface area contributed by atoms with E-state index in [4.69, 9.17) is 5.11 Å². The maximum atomic E-state index is 12.2. The van der Waals surface area contributed by atoms with E-state index in [9.17, 15) is 9.59 Å². The molecule has 0 bridgehead atoms. The minimum Gasteiger partial charge on any atom is -0.480 e. The van der Waals surface area contributed by atoms with Crippen molar-refractivity contribution in [3.8, 4) is 0 Å². The molecule has 0 aliphatic rings. The fourth-order valence-electron chi connectivity index (χ4n) is 2.08. The Bertz CT molecular complexity index is 678. The highest BCUT2D eigenvalue weighted by molar-refractivity contribution is 5.98. The van der Waals surface area contributed by atoms with Gasteiger partial charge in [0.25, 0.3) is 5.91 Å². The quantitative estimate of drug-likeness (QED) is 0.773. The van der Waals surface area contributed by atoms with Crippen LogP contribution in [0.1, 0.15) is 36.3 Å². The van der Waals surface area contributed by atoms with Gasteiger partial charge in [0.2, 0.25) is 0 Å². The summed E-state index contributed by atoms with van der Waals surface area (Å²) in [6.45, 7) is 5.65. The molecule has 0 spiro atoms. The molecular formula is C14H18N4O3. The van der Waals surface area contributed by atoms with Crippen LogP contribution in [0, 0.1) is 12.8 Å². The van der Waals surface area contributed by atoms with E-state index >= 15 is 0 Å². The van der Waals surface area contributed by atoms with E-state index in [0.29, 0.717) is 17.6 Å². The summed E-state index contributed by atoms with van der Waals surface area (Å²) in [5.41, 5.74) is 1.66. The van der Waals surface area contributed by atoms with Crippen LogP contribution in [0.25, 0.3) is 11.0 Å². The van der Waals surface area contributed by atoms with Gasteiger partial charge < -0.3 is 10.4 Å². The van der Waals surface area contributed by atoms with Crippen LogP contribution in [0.2, 0.25) is 0 Å². The van der Waals surface area contributed by atoms with Gasteiger partial charge in [-0.1, -0.05) is 13.8 Å². The van der Waals surface area contributed by atoms with Crippen molar-refractivity contribution in [2.45, 2.75) is 33.2 Å². The topological polar surface area (TPSA) is 108 Å². The van der Waals surface area contributed by atoms with Gasteiger partial charge in [-0.25, -0.2) is 9.78 Å². The van der Waals surface area contributed by atoms with Gasteiger partial charge in [0.05, 0.1) is 5.56 Å². The van der Waals surface area contributed by atoms with Crippen LogP contribution in [0.5, 0.6) is 0 Å². The molecule has 21 heavy (non-hydrogen) atoms. The van der Waals surface area contributed by atoms with E-state index in [1.54, 1.807) is 6.07 Å². The highest BCUT2D eigenvalue weighted by atomic mass is 16.4. The van der Waals surface area contributed by atoms with Crippen molar-refractivity contribution in [1.82, 2.24) is 20.5 Å². The third-order valence-corrected chi connectivity index (χ3v) is 3.17. The number of aromatic amines is 1. The van der Waals surface area contributed by atoms with Crippen LogP contribution in [-0.4, -0.2) is 38.2 Å². The molecular weight excluding hydrogens is 272 g/mol. The summed E-state index contributed by atoms with van der Waals surface area (Å²) in [5, 5.41) is 19.2. The normalized spacial score (nSPS) is 12.6. The van der Waals surface area contributed by atoms with Crippen LogP contribution < -0.4 is 5.32 Å². The van der Waals surface area contributed by atoms with Crippen LogP contribution in [-0.2, 0) is 4.79 Å². The third-order valence-electron chi connectivity index (χ3n) is 3.17. The summed E-state index contributed by atoms with van der Waals surface area (Å²) in [7, 11) is 0. The molecule has 0 aliphatic carbocycles. The summed E-state index contributed by atoms with van der Waals surface area (Å²) in [6.07, 6.45) is 1.77. The van der Waals surface area contributed by atoms with Crippen LogP contribution in [0.15, 0.2) is 12.3 Å². The summed E-state index contributed by atoms with van der Waals surface area (Å²) in [6, 6.07) is 0.753. The van der Waals surface area contributed by atoms with E-state index in [-0.39, 0.29) is 5.92 Å². The van der Waals surface area contributed by atoms with Crippen molar-refractivity contribution in [1.29, 1.82) is 0 Å². The van der Waals surface area contributed by atoms with Gasteiger partial charge in [-0.15, -0.1) is 0 Å². The number of carboxylic acid groups (broad SMARTS) is 1. The lowest BCUT2D eigenvalue weighted by Gasteiger charge is -2.16. The van der Waals surface area contributed by atoms with Gasteiger partial charge in [-0.3, -0.25) is 9.89 Å². The Hall–Kier alpha value is -2.44. The first-order chi connectivity index (χ1) is 9.88. The number of fused-ring (bicyclic) bond motifs is 1. The smallest absolute Gasteiger partial charge is 0.326 e. The van der Waals surface area contributed by atoms with Gasteiger partial charge in [0.15, 0.2) is 5.65 Å². The zero-order valence-electron chi connectivity index (χ0n) is 12.2. The molecule has 2 aromatic rings. The molecule has 0 saturated heterocycles. The fourth-order valence-corrected chi connectivity index (χ4v) is 2.08. The molecule has 0 aliphatic heterocycles. The number of aromatic nitrogens is 3. The number of nitrogens with one attached hydrogen (secondary N) is 2. The van der Waals surface area contributed by atoms with Crippen molar-refractivity contribution in [2.75, 3.05) is 0 Å². The zero-order chi connectivity index (χ0) is 15.6. The number of aryl methyl sites for hydroxylation is 1. The number of carboxylic acids is 1. The molecule has 0 radical (unpaired) electrons. The highest BCUT2D eigenvalue weighted by Crippen LogP contribution is 2.15. The number of hydrogen-bond donors (Lipinski definition) is 3. The standard InChI is InChI=1S/C14H18N4O3/c1-7(2)4-11(14(20)21)16-13(19)9-5-10-8(3)17-18-12(10)15-6-9/h5-7,11H,4H2,1-3H3,(H,16,19)(H,20,21)(H,15,17,18). The number of aliphatic carboxylic acids is 1. The minimum absolute atomic E-state index is 0.170.